The van der Waals surface area contributed by atoms with Crippen molar-refractivity contribution in [3.05, 3.63) is 29.5 Å². The molecule has 1 heterocycles. The Labute approximate surface area is 170 Å². The van der Waals surface area contributed by atoms with Crippen LogP contribution in [0.25, 0.3) is 10.9 Å². The third-order valence-electron chi connectivity index (χ3n) is 3.84. The molecular formula is C21H28N4O4. The molecule has 8 nitrogen and oxygen atoms in total. The van der Waals surface area contributed by atoms with E-state index in [9.17, 15) is 14.9 Å². The number of hydrogen-bond donors (Lipinski definition) is 1. The van der Waals surface area contributed by atoms with Crippen LogP contribution in [-0.4, -0.2) is 39.1 Å². The van der Waals surface area contributed by atoms with E-state index in [-0.39, 0.29) is 6.42 Å². The number of esters is 1. The number of fused-ring (bicyclic) bond motifs is 1. The van der Waals surface area contributed by atoms with Crippen LogP contribution in [0.15, 0.2) is 18.2 Å². The largest absolute Gasteiger partial charge is 0.458 e. The van der Waals surface area contributed by atoms with Crippen LogP contribution in [0.5, 0.6) is 0 Å². The Morgan fingerprint density at radius 3 is 2.34 bits per heavy atom. The lowest BCUT2D eigenvalue weighted by molar-refractivity contribution is -0.157. The van der Waals surface area contributed by atoms with Gasteiger partial charge in [0.15, 0.2) is 5.69 Å². The summed E-state index contributed by atoms with van der Waals surface area (Å²) in [4.78, 5) is 24.9. The molecule has 1 N–H and O–H groups in total. The van der Waals surface area contributed by atoms with Crippen molar-refractivity contribution in [3.8, 4) is 6.07 Å². The summed E-state index contributed by atoms with van der Waals surface area (Å²) in [5.74, 6) is -0.560. The molecule has 1 aromatic heterocycles. The minimum atomic E-state index is -0.941. The van der Waals surface area contributed by atoms with E-state index < -0.39 is 29.3 Å². The number of hydrogen-bond acceptors (Lipinski definition) is 6. The maximum atomic E-state index is 12.7. The van der Waals surface area contributed by atoms with E-state index in [1.54, 1.807) is 59.3 Å². The summed E-state index contributed by atoms with van der Waals surface area (Å²) in [5, 5.41) is 16.8. The van der Waals surface area contributed by atoms with Crippen LogP contribution < -0.4 is 5.32 Å². The lowest BCUT2D eigenvalue weighted by Crippen LogP contribution is -2.47. The first-order chi connectivity index (χ1) is 13.3. The van der Waals surface area contributed by atoms with Crippen molar-refractivity contribution in [2.24, 2.45) is 7.05 Å². The first-order valence-corrected chi connectivity index (χ1v) is 9.37. The van der Waals surface area contributed by atoms with E-state index in [4.69, 9.17) is 9.47 Å². The number of nitrogens with one attached hydrogen (secondary N) is 1. The standard InChI is InChI=1S/C21H28N4O4/c1-20(2,3)28-18(26)15(23-19(27)29-21(4,5)6)11-13-8-9-17-14(10-13)16(12-22)24-25(17)7/h8-10,15H,11H2,1-7H3,(H,23,27)/t15-/m0/s1. The van der Waals surface area contributed by atoms with Gasteiger partial charge < -0.3 is 14.8 Å². The third-order valence-corrected chi connectivity index (χ3v) is 3.84. The Morgan fingerprint density at radius 1 is 1.17 bits per heavy atom. The molecule has 2 rings (SSSR count). The highest BCUT2D eigenvalue weighted by Gasteiger charge is 2.29. The summed E-state index contributed by atoms with van der Waals surface area (Å²) in [6, 6.07) is 6.59. The molecule has 0 bridgehead atoms. The number of aryl methyl sites for hydroxylation is 1. The lowest BCUT2D eigenvalue weighted by Gasteiger charge is -2.26. The van der Waals surface area contributed by atoms with Crippen molar-refractivity contribution in [1.29, 1.82) is 5.26 Å². The maximum Gasteiger partial charge on any atom is 0.408 e. The van der Waals surface area contributed by atoms with Gasteiger partial charge in [-0.3, -0.25) is 4.68 Å². The topological polar surface area (TPSA) is 106 Å². The molecule has 29 heavy (non-hydrogen) atoms. The van der Waals surface area contributed by atoms with Gasteiger partial charge in [0, 0.05) is 18.9 Å². The second-order valence-electron chi connectivity index (χ2n) is 8.87. The second-order valence-corrected chi connectivity index (χ2v) is 8.87. The monoisotopic (exact) mass is 400 g/mol. The molecule has 0 fully saturated rings. The molecule has 0 spiro atoms. The van der Waals surface area contributed by atoms with Crippen LogP contribution in [0.4, 0.5) is 4.79 Å². The summed E-state index contributed by atoms with van der Waals surface area (Å²) in [6.45, 7) is 10.5. The van der Waals surface area contributed by atoms with Crippen LogP contribution in [0.1, 0.15) is 52.8 Å². The van der Waals surface area contributed by atoms with Crippen molar-refractivity contribution in [1.82, 2.24) is 15.1 Å². The molecule has 0 unspecified atom stereocenters. The van der Waals surface area contributed by atoms with Crippen LogP contribution in [0.3, 0.4) is 0 Å². The minimum absolute atomic E-state index is 0.184. The number of ether oxygens (including phenoxy) is 2. The number of nitrogens with zero attached hydrogens (tertiary/aromatic N) is 3. The van der Waals surface area contributed by atoms with E-state index in [1.165, 1.54) is 0 Å². The van der Waals surface area contributed by atoms with E-state index in [1.807, 2.05) is 12.1 Å². The predicted molar refractivity (Wildman–Crippen MR) is 108 cm³/mol. The molecular weight excluding hydrogens is 372 g/mol. The number of amides is 1. The highest BCUT2D eigenvalue weighted by atomic mass is 16.6. The summed E-state index contributed by atoms with van der Waals surface area (Å²) in [5.41, 5.74) is 0.469. The van der Waals surface area contributed by atoms with Crippen molar-refractivity contribution in [2.45, 2.75) is 65.2 Å². The molecule has 2 aromatic rings. The summed E-state index contributed by atoms with van der Waals surface area (Å²) < 4.78 is 12.4. The fourth-order valence-corrected chi connectivity index (χ4v) is 2.77. The number of carbonyl (C=O) groups is 2. The minimum Gasteiger partial charge on any atom is -0.458 e. The van der Waals surface area contributed by atoms with Crippen LogP contribution >= 0.6 is 0 Å². The first kappa shape index (κ1) is 22.2. The molecule has 0 saturated carbocycles. The number of rotatable bonds is 4. The van der Waals surface area contributed by atoms with Gasteiger partial charge in [0.2, 0.25) is 0 Å². The average Bonchev–Trinajstić information content (AvgIpc) is 2.86. The highest BCUT2D eigenvalue weighted by Crippen LogP contribution is 2.21. The SMILES string of the molecule is Cn1nc(C#N)c2cc(C[C@H](NC(=O)OC(C)(C)C)C(=O)OC(C)(C)C)ccc21. The molecule has 1 amide bonds. The Kier molecular flexibility index (Phi) is 6.21. The van der Waals surface area contributed by atoms with E-state index in [0.717, 1.165) is 11.1 Å². The predicted octanol–water partition coefficient (Wildman–Crippen LogP) is 3.22. The average molecular weight is 400 g/mol. The molecule has 0 aliphatic rings. The normalized spacial score (nSPS) is 12.9. The molecule has 0 aliphatic carbocycles. The number of alkyl carbamates (subject to hydrolysis) is 1. The van der Waals surface area contributed by atoms with Gasteiger partial charge in [0.1, 0.15) is 23.3 Å². The van der Waals surface area contributed by atoms with Crippen molar-refractivity contribution < 1.29 is 19.1 Å². The zero-order valence-electron chi connectivity index (χ0n) is 18.0. The van der Waals surface area contributed by atoms with Crippen molar-refractivity contribution in [2.75, 3.05) is 0 Å². The second kappa shape index (κ2) is 8.11. The van der Waals surface area contributed by atoms with Crippen LogP contribution in [0.2, 0.25) is 0 Å². The van der Waals surface area contributed by atoms with Crippen molar-refractivity contribution >= 4 is 23.0 Å². The quantitative estimate of drug-likeness (QED) is 0.790. The summed E-state index contributed by atoms with van der Waals surface area (Å²) in [7, 11) is 1.76. The van der Waals surface area contributed by atoms with E-state index in [0.29, 0.717) is 11.1 Å². The molecule has 1 aromatic carbocycles. The zero-order valence-corrected chi connectivity index (χ0v) is 18.0. The van der Waals surface area contributed by atoms with Gasteiger partial charge >= 0.3 is 12.1 Å². The van der Waals surface area contributed by atoms with Gasteiger partial charge in [-0.1, -0.05) is 6.07 Å². The Hall–Kier alpha value is -3.08. The molecule has 0 aliphatic heterocycles. The molecule has 1 atom stereocenters. The Bertz CT molecular complexity index is 958. The van der Waals surface area contributed by atoms with Gasteiger partial charge in [0.25, 0.3) is 0 Å². The fourth-order valence-electron chi connectivity index (χ4n) is 2.77. The van der Waals surface area contributed by atoms with Crippen LogP contribution in [-0.2, 0) is 27.7 Å². The van der Waals surface area contributed by atoms with Gasteiger partial charge in [-0.25, -0.2) is 9.59 Å². The van der Waals surface area contributed by atoms with Gasteiger partial charge in [0.05, 0.1) is 5.52 Å². The highest BCUT2D eigenvalue weighted by molar-refractivity contribution is 5.86. The van der Waals surface area contributed by atoms with Crippen LogP contribution in [0, 0.1) is 11.3 Å². The number of nitriles is 1. The Balaban J connectivity index is 2.31. The number of carbonyl (C=O) groups excluding carboxylic acids is 2. The maximum absolute atomic E-state index is 12.7. The zero-order chi connectivity index (χ0) is 22.0. The Morgan fingerprint density at radius 2 is 1.79 bits per heavy atom. The number of aromatic nitrogens is 2. The van der Waals surface area contributed by atoms with Gasteiger partial charge in [-0.15, -0.1) is 0 Å². The van der Waals surface area contributed by atoms with E-state index >= 15 is 0 Å². The van der Waals surface area contributed by atoms with Gasteiger partial charge in [-0.05, 0) is 59.2 Å². The lowest BCUT2D eigenvalue weighted by atomic mass is 10.0. The number of benzene rings is 1. The summed E-state index contributed by atoms with van der Waals surface area (Å²) in [6.07, 6.45) is -0.516. The van der Waals surface area contributed by atoms with E-state index in [2.05, 4.69) is 16.5 Å². The molecule has 0 radical (unpaired) electrons. The van der Waals surface area contributed by atoms with Gasteiger partial charge in [-0.2, -0.15) is 10.4 Å². The third kappa shape index (κ3) is 6.21. The molecule has 0 saturated heterocycles. The first-order valence-electron chi connectivity index (χ1n) is 9.37. The molecule has 8 heteroatoms. The smallest absolute Gasteiger partial charge is 0.408 e. The fraction of sp³-hybridized carbons (Fsp3) is 0.524. The summed E-state index contributed by atoms with van der Waals surface area (Å²) >= 11 is 0. The molecule has 156 valence electrons. The van der Waals surface area contributed by atoms with Crippen molar-refractivity contribution in [3.63, 3.8) is 0 Å².